The summed E-state index contributed by atoms with van der Waals surface area (Å²) in [5.41, 5.74) is 17.5. The van der Waals surface area contributed by atoms with Gasteiger partial charge in [-0.1, -0.05) is 142 Å². The van der Waals surface area contributed by atoms with Crippen molar-refractivity contribution in [2.24, 2.45) is 5.92 Å². The van der Waals surface area contributed by atoms with E-state index in [-0.39, 0.29) is 17.4 Å². The molecule has 52 heavy (non-hydrogen) atoms. The third-order valence-electron chi connectivity index (χ3n) is 12.9. The van der Waals surface area contributed by atoms with Gasteiger partial charge in [-0.3, -0.25) is 0 Å². The number of para-hydroxylation sites is 1. The van der Waals surface area contributed by atoms with Crippen LogP contribution in [0.5, 0.6) is 0 Å². The molecule has 0 saturated carbocycles. The van der Waals surface area contributed by atoms with E-state index in [0.29, 0.717) is 0 Å². The number of hydrogen-bond acceptors (Lipinski definition) is 0. The van der Waals surface area contributed by atoms with Crippen LogP contribution in [0.2, 0.25) is 0 Å². The van der Waals surface area contributed by atoms with Crippen molar-refractivity contribution in [2.45, 2.75) is 77.2 Å². The van der Waals surface area contributed by atoms with Crippen LogP contribution in [0.3, 0.4) is 0 Å². The van der Waals surface area contributed by atoms with Gasteiger partial charge in [0.15, 0.2) is 0 Å². The van der Waals surface area contributed by atoms with Crippen LogP contribution in [0.1, 0.15) is 92.3 Å². The van der Waals surface area contributed by atoms with Gasteiger partial charge in [-0.05, 0) is 118 Å². The molecule has 10 rings (SSSR count). The Balaban J connectivity index is 1.14. The van der Waals surface area contributed by atoms with E-state index in [1.165, 1.54) is 89.1 Å². The molecule has 1 nitrogen and oxygen atoms in total. The fourth-order valence-electron chi connectivity index (χ4n) is 10.4. The fourth-order valence-corrected chi connectivity index (χ4v) is 10.4. The highest BCUT2D eigenvalue weighted by atomic mass is 15.0. The van der Waals surface area contributed by atoms with Crippen molar-refractivity contribution in [1.29, 1.82) is 0 Å². The third-order valence-corrected chi connectivity index (χ3v) is 12.9. The van der Waals surface area contributed by atoms with Crippen molar-refractivity contribution in [3.63, 3.8) is 0 Å². The Bertz CT molecular complexity index is 2590. The summed E-state index contributed by atoms with van der Waals surface area (Å²) in [7, 11) is 0. The Morgan fingerprint density at radius 3 is 2.40 bits per heavy atom. The van der Waals surface area contributed by atoms with E-state index < -0.39 is 0 Å². The van der Waals surface area contributed by atoms with Crippen LogP contribution in [0.4, 0.5) is 0 Å². The summed E-state index contributed by atoms with van der Waals surface area (Å²) in [5.74, 6) is 0.282. The second-order valence-corrected chi connectivity index (χ2v) is 16.1. The van der Waals surface area contributed by atoms with E-state index >= 15 is 0 Å². The summed E-state index contributed by atoms with van der Waals surface area (Å²) >= 11 is 0. The fraction of sp³-hybridized carbons (Fsp3) is 0.255. The monoisotopic (exact) mass is 673 g/mol. The minimum atomic E-state index is -0.0333. The van der Waals surface area contributed by atoms with Crippen LogP contribution in [0.25, 0.3) is 49.3 Å². The van der Waals surface area contributed by atoms with Gasteiger partial charge in [0.25, 0.3) is 0 Å². The minimum Gasteiger partial charge on any atom is -0.332 e. The van der Waals surface area contributed by atoms with Crippen LogP contribution < -0.4 is 0 Å². The average molecular weight is 674 g/mol. The van der Waals surface area contributed by atoms with Gasteiger partial charge in [-0.15, -0.1) is 0 Å². The maximum Gasteiger partial charge on any atom is 0.0592 e. The van der Waals surface area contributed by atoms with E-state index in [4.69, 9.17) is 0 Å². The largest absolute Gasteiger partial charge is 0.332 e. The van der Waals surface area contributed by atoms with Crippen molar-refractivity contribution >= 4 is 49.3 Å². The lowest BCUT2D eigenvalue weighted by atomic mass is 9.66. The topological polar surface area (TPSA) is 4.93 Å². The summed E-state index contributed by atoms with van der Waals surface area (Å²) < 4.78 is 2.74. The number of aryl methyl sites for hydroxylation is 2. The van der Waals surface area contributed by atoms with Gasteiger partial charge in [-0.25, -0.2) is 0 Å². The summed E-state index contributed by atoms with van der Waals surface area (Å²) in [6.07, 6.45) is 22.5. The van der Waals surface area contributed by atoms with Crippen LogP contribution in [-0.2, 0) is 18.3 Å². The first-order valence-corrected chi connectivity index (χ1v) is 19.6. The average Bonchev–Trinajstić information content (AvgIpc) is 3.55. The molecule has 0 saturated heterocycles. The van der Waals surface area contributed by atoms with Crippen LogP contribution in [0.15, 0.2) is 139 Å². The van der Waals surface area contributed by atoms with Crippen molar-refractivity contribution in [3.8, 4) is 0 Å². The molecule has 0 bridgehead atoms. The van der Waals surface area contributed by atoms with E-state index in [1.807, 2.05) is 0 Å². The molecule has 0 radical (unpaired) electrons. The van der Waals surface area contributed by atoms with Gasteiger partial charge in [0.1, 0.15) is 0 Å². The molecule has 1 heteroatoms. The van der Waals surface area contributed by atoms with Gasteiger partial charge in [-0.2, -0.15) is 0 Å². The molecule has 0 N–H and O–H groups in total. The van der Waals surface area contributed by atoms with Gasteiger partial charge in [0.2, 0.25) is 0 Å². The van der Waals surface area contributed by atoms with Crippen molar-refractivity contribution in [2.75, 3.05) is 0 Å². The minimum absolute atomic E-state index is 0.0333. The molecule has 0 aliphatic heterocycles. The summed E-state index contributed by atoms with van der Waals surface area (Å²) in [6, 6.07) is 37.2. The molecule has 6 aromatic rings. The predicted octanol–water partition coefficient (Wildman–Crippen LogP) is 13.5. The molecular weight excluding hydrogens is 627 g/mol. The summed E-state index contributed by atoms with van der Waals surface area (Å²) in [4.78, 5) is 0. The van der Waals surface area contributed by atoms with Crippen molar-refractivity contribution < 1.29 is 0 Å². The lowest BCUT2D eigenvalue weighted by molar-refractivity contribution is 0.522. The van der Waals surface area contributed by atoms with E-state index in [0.717, 1.165) is 38.5 Å². The predicted molar refractivity (Wildman–Crippen MR) is 223 cm³/mol. The normalized spacial score (nSPS) is 22.0. The zero-order valence-electron chi connectivity index (χ0n) is 30.8. The molecule has 0 amide bonds. The molecule has 0 fully saturated rings. The van der Waals surface area contributed by atoms with Crippen LogP contribution in [0, 0.1) is 5.92 Å². The van der Waals surface area contributed by atoms with E-state index in [2.05, 4.69) is 159 Å². The maximum absolute atomic E-state index is 2.74. The highest BCUT2D eigenvalue weighted by Crippen LogP contribution is 2.54. The Morgan fingerprint density at radius 1 is 0.731 bits per heavy atom. The molecule has 5 aromatic carbocycles. The SMILES string of the molecule is CC1C(c2ccccc2/C2=C/CCc3ccccc3CCC2)=CC=CC1n1c2ccccc2c2cc3cccc4c3c(c21)C1=C(C=CCC1)C4(C)C. The van der Waals surface area contributed by atoms with Crippen LogP contribution >= 0.6 is 0 Å². The molecule has 4 aliphatic rings. The van der Waals surface area contributed by atoms with Crippen molar-refractivity contribution in [1.82, 2.24) is 4.57 Å². The molecular formula is C51H47N. The number of benzene rings is 5. The smallest absolute Gasteiger partial charge is 0.0592 e. The number of aromatic nitrogens is 1. The second kappa shape index (κ2) is 12.2. The molecule has 1 aromatic heterocycles. The number of nitrogens with zero attached hydrogens (tertiary/aromatic N) is 1. The quantitative estimate of drug-likeness (QED) is 0.176. The van der Waals surface area contributed by atoms with Crippen LogP contribution in [-0.4, -0.2) is 4.57 Å². The Morgan fingerprint density at radius 2 is 1.52 bits per heavy atom. The third kappa shape index (κ3) is 4.74. The summed E-state index contributed by atoms with van der Waals surface area (Å²) in [5, 5.41) is 5.56. The maximum atomic E-state index is 2.74. The molecule has 256 valence electrons. The first kappa shape index (κ1) is 31.6. The number of rotatable bonds is 3. The van der Waals surface area contributed by atoms with E-state index in [9.17, 15) is 0 Å². The van der Waals surface area contributed by atoms with E-state index in [1.54, 1.807) is 5.57 Å². The number of fused-ring (bicyclic) bond motifs is 6. The Labute approximate surface area is 308 Å². The van der Waals surface area contributed by atoms with Gasteiger partial charge >= 0.3 is 0 Å². The zero-order valence-corrected chi connectivity index (χ0v) is 30.8. The van der Waals surface area contributed by atoms with Gasteiger partial charge in [0.05, 0.1) is 11.6 Å². The standard InChI is InChI=1S/C51H47N/c1-33-38(40-24-7-6-23-39(40)36-20-12-18-34-16-4-5-17-35(34)19-13-21-36)27-15-31-46(33)52-47-30-11-9-25-41(47)43-32-37-22-14-29-45-48(37)49(50(43)52)42-26-8-10-28-44(42)51(45,2)3/h4-7,9-11,14-17,20,22-25,27-33,46H,8,12-13,18-19,21,26H2,1-3H3/b36-20+. The highest BCUT2D eigenvalue weighted by Gasteiger charge is 2.38. The first-order valence-electron chi connectivity index (χ1n) is 19.6. The molecule has 2 unspecified atom stereocenters. The van der Waals surface area contributed by atoms with Gasteiger partial charge in [0, 0.05) is 33.2 Å². The highest BCUT2D eigenvalue weighted by molar-refractivity contribution is 6.20. The first-order chi connectivity index (χ1) is 25.5. The second-order valence-electron chi connectivity index (χ2n) is 16.1. The molecule has 1 heterocycles. The zero-order chi connectivity index (χ0) is 35.0. The Kier molecular flexibility index (Phi) is 7.43. The number of hydrogen-bond donors (Lipinski definition) is 0. The molecule has 0 spiro atoms. The van der Waals surface area contributed by atoms with Crippen molar-refractivity contribution in [3.05, 3.63) is 172 Å². The number of allylic oxidation sites excluding steroid dienone is 10. The van der Waals surface area contributed by atoms with Gasteiger partial charge < -0.3 is 4.57 Å². The lowest BCUT2D eigenvalue weighted by Gasteiger charge is -2.38. The summed E-state index contributed by atoms with van der Waals surface area (Å²) in [6.45, 7) is 7.34. The molecule has 4 aliphatic carbocycles. The Hall–Kier alpha value is -5.14. The molecule has 2 atom stereocenters. The lowest BCUT2D eigenvalue weighted by Crippen LogP contribution is -2.26.